The number of halogens is 3. The smallest absolute Gasteiger partial charge is 0.338 e. The Hall–Kier alpha value is -2.60. The zero-order valence-electron chi connectivity index (χ0n) is 16.3. The van der Waals surface area contributed by atoms with Gasteiger partial charge >= 0.3 is 6.18 Å². The summed E-state index contributed by atoms with van der Waals surface area (Å²) >= 11 is 0. The van der Waals surface area contributed by atoms with E-state index < -0.39 is 43.5 Å². The van der Waals surface area contributed by atoms with E-state index in [0.717, 1.165) is 24.3 Å². The second-order valence-corrected chi connectivity index (χ2v) is 11.1. The number of hydrogen-bond acceptors (Lipinski definition) is 5. The lowest BCUT2D eigenvalue weighted by Crippen LogP contribution is -2.37. The lowest BCUT2D eigenvalue weighted by atomic mass is 10.1. The van der Waals surface area contributed by atoms with E-state index in [0.29, 0.717) is 12.5 Å². The summed E-state index contributed by atoms with van der Waals surface area (Å²) in [6.45, 7) is 0. The van der Waals surface area contributed by atoms with E-state index in [1.165, 1.54) is 30.1 Å². The van der Waals surface area contributed by atoms with E-state index in [1.807, 2.05) is 0 Å². The third-order valence-electron chi connectivity index (χ3n) is 4.93. The minimum Gasteiger partial charge on any atom is -0.338 e. The maximum atomic E-state index is 12.8. The van der Waals surface area contributed by atoms with Crippen molar-refractivity contribution in [2.24, 2.45) is 0 Å². The van der Waals surface area contributed by atoms with Crippen LogP contribution in [0.1, 0.15) is 22.3 Å². The number of carbonyl (C=O) groups is 1. The van der Waals surface area contributed by atoms with Crippen LogP contribution in [0, 0.1) is 0 Å². The molecule has 0 aromatic heterocycles. The van der Waals surface area contributed by atoms with Crippen LogP contribution in [0.5, 0.6) is 0 Å². The Morgan fingerprint density at radius 2 is 1.77 bits per heavy atom. The molecule has 2 aromatic rings. The topological polar surface area (TPSA) is 101 Å². The number of nitrogens with zero attached hydrogens (tertiary/aromatic N) is 1. The highest BCUT2D eigenvalue weighted by Crippen LogP contribution is 2.31. The molecule has 0 bridgehead atoms. The normalized spacial score (nSPS) is 18.5. The van der Waals surface area contributed by atoms with Crippen molar-refractivity contribution >= 4 is 31.5 Å². The van der Waals surface area contributed by atoms with Gasteiger partial charge in [0.25, 0.3) is 15.9 Å². The first-order chi connectivity index (χ1) is 14.3. The van der Waals surface area contributed by atoms with Crippen molar-refractivity contribution in [3.05, 3.63) is 59.7 Å². The highest BCUT2D eigenvalue weighted by atomic mass is 32.2. The molecule has 1 heterocycles. The van der Waals surface area contributed by atoms with E-state index in [-0.39, 0.29) is 27.7 Å². The van der Waals surface area contributed by atoms with Crippen LogP contribution >= 0.6 is 0 Å². The van der Waals surface area contributed by atoms with Crippen LogP contribution in [-0.4, -0.2) is 52.2 Å². The van der Waals surface area contributed by atoms with Gasteiger partial charge in [-0.2, -0.15) is 13.2 Å². The second kappa shape index (κ2) is 8.15. The van der Waals surface area contributed by atoms with Gasteiger partial charge in [-0.1, -0.05) is 6.07 Å². The minimum absolute atomic E-state index is 0.00762. The number of sulfonamides is 1. The number of amides is 1. The zero-order chi connectivity index (χ0) is 23.0. The SMILES string of the molecule is CN(C(=O)c1ccc(S(=O)(=O)Nc2cccc(C(F)(F)F)c2)cc1)C1CCS(=O)(=O)C1. The molecule has 1 aliphatic heterocycles. The monoisotopic (exact) mass is 476 g/mol. The Bertz CT molecular complexity index is 1190. The van der Waals surface area contributed by atoms with Gasteiger partial charge in [0, 0.05) is 24.3 Å². The third kappa shape index (κ3) is 5.37. The predicted octanol–water partition coefficient (Wildman–Crippen LogP) is 2.77. The van der Waals surface area contributed by atoms with Crippen LogP contribution in [0.3, 0.4) is 0 Å². The van der Waals surface area contributed by atoms with Crippen LogP contribution in [0.4, 0.5) is 18.9 Å². The van der Waals surface area contributed by atoms with E-state index in [2.05, 4.69) is 4.72 Å². The first-order valence-corrected chi connectivity index (χ1v) is 12.4. The van der Waals surface area contributed by atoms with E-state index in [9.17, 15) is 34.8 Å². The van der Waals surface area contributed by atoms with Gasteiger partial charge in [0.05, 0.1) is 22.0 Å². The van der Waals surface area contributed by atoms with Crippen LogP contribution in [-0.2, 0) is 26.0 Å². The van der Waals surface area contributed by atoms with Crippen molar-refractivity contribution < 1.29 is 34.8 Å². The number of nitrogens with one attached hydrogen (secondary N) is 1. The lowest BCUT2D eigenvalue weighted by Gasteiger charge is -2.23. The first-order valence-electron chi connectivity index (χ1n) is 9.06. The molecule has 0 spiro atoms. The molecule has 31 heavy (non-hydrogen) atoms. The maximum absolute atomic E-state index is 12.8. The standard InChI is InChI=1S/C19H19F3N2O5S2/c1-24(16-9-10-30(26,27)12-16)18(25)13-5-7-17(8-6-13)31(28,29)23-15-4-2-3-14(11-15)19(20,21)22/h2-8,11,16,23H,9-10,12H2,1H3. The number of sulfone groups is 1. The molecule has 1 amide bonds. The predicted molar refractivity (Wildman–Crippen MR) is 108 cm³/mol. The van der Waals surface area contributed by atoms with Crippen molar-refractivity contribution in [3.63, 3.8) is 0 Å². The number of carbonyl (C=O) groups excluding carboxylic acids is 1. The Morgan fingerprint density at radius 1 is 1.13 bits per heavy atom. The zero-order valence-corrected chi connectivity index (χ0v) is 17.9. The van der Waals surface area contributed by atoms with E-state index >= 15 is 0 Å². The van der Waals surface area contributed by atoms with Gasteiger partial charge in [-0.05, 0) is 48.9 Å². The molecule has 0 saturated carbocycles. The van der Waals surface area contributed by atoms with Crippen LogP contribution in [0.15, 0.2) is 53.4 Å². The van der Waals surface area contributed by atoms with Crippen molar-refractivity contribution in [1.82, 2.24) is 4.90 Å². The molecule has 1 fully saturated rings. The summed E-state index contributed by atoms with van der Waals surface area (Å²) in [4.78, 5) is 13.7. The molecular formula is C19H19F3N2O5S2. The summed E-state index contributed by atoms with van der Waals surface area (Å²) in [6, 6.07) is 8.17. The molecular weight excluding hydrogens is 457 g/mol. The van der Waals surface area contributed by atoms with Crippen molar-refractivity contribution in [2.75, 3.05) is 23.3 Å². The molecule has 3 rings (SSSR count). The second-order valence-electron chi connectivity index (χ2n) is 7.18. The molecule has 1 N–H and O–H groups in total. The fourth-order valence-corrected chi connectivity index (χ4v) is 6.02. The van der Waals surface area contributed by atoms with Crippen LogP contribution < -0.4 is 4.72 Å². The Balaban J connectivity index is 1.75. The number of benzene rings is 2. The Labute approximate surface area is 177 Å². The van der Waals surface area contributed by atoms with Crippen LogP contribution in [0.25, 0.3) is 0 Å². The molecule has 1 aliphatic rings. The van der Waals surface area contributed by atoms with Gasteiger partial charge in [0.2, 0.25) is 0 Å². The minimum atomic E-state index is -4.62. The Kier molecular flexibility index (Phi) is 6.07. The average molecular weight is 476 g/mol. The number of anilines is 1. The molecule has 1 saturated heterocycles. The van der Waals surface area contributed by atoms with Gasteiger partial charge in [-0.15, -0.1) is 0 Å². The highest BCUT2D eigenvalue weighted by molar-refractivity contribution is 7.92. The van der Waals surface area contributed by atoms with Gasteiger partial charge in [0.1, 0.15) is 0 Å². The molecule has 1 unspecified atom stereocenters. The molecule has 2 aromatic carbocycles. The largest absolute Gasteiger partial charge is 0.416 e. The molecule has 1 atom stereocenters. The molecule has 168 valence electrons. The summed E-state index contributed by atoms with van der Waals surface area (Å²) in [5.74, 6) is -0.576. The summed E-state index contributed by atoms with van der Waals surface area (Å²) in [6.07, 6.45) is -4.29. The number of hydrogen-bond donors (Lipinski definition) is 1. The molecule has 7 nitrogen and oxygen atoms in total. The molecule has 0 radical (unpaired) electrons. The van der Waals surface area contributed by atoms with Gasteiger partial charge in [-0.3, -0.25) is 9.52 Å². The summed E-state index contributed by atoms with van der Waals surface area (Å²) in [5.41, 5.74) is -1.09. The summed E-state index contributed by atoms with van der Waals surface area (Å²) in [7, 11) is -5.89. The fraction of sp³-hybridized carbons (Fsp3) is 0.316. The number of alkyl halides is 3. The van der Waals surface area contributed by atoms with Crippen molar-refractivity contribution in [1.29, 1.82) is 0 Å². The van der Waals surface area contributed by atoms with E-state index in [1.54, 1.807) is 0 Å². The van der Waals surface area contributed by atoms with Crippen LogP contribution in [0.2, 0.25) is 0 Å². The average Bonchev–Trinajstić information content (AvgIpc) is 3.06. The molecule has 12 heteroatoms. The van der Waals surface area contributed by atoms with Crippen molar-refractivity contribution in [2.45, 2.75) is 23.5 Å². The number of rotatable bonds is 5. The van der Waals surface area contributed by atoms with Gasteiger partial charge in [0.15, 0.2) is 9.84 Å². The van der Waals surface area contributed by atoms with Gasteiger partial charge < -0.3 is 4.90 Å². The highest BCUT2D eigenvalue weighted by Gasteiger charge is 2.33. The first kappa shape index (κ1) is 23.1. The summed E-state index contributed by atoms with van der Waals surface area (Å²) < 4.78 is 88.8. The maximum Gasteiger partial charge on any atom is 0.416 e. The van der Waals surface area contributed by atoms with E-state index in [4.69, 9.17) is 0 Å². The van der Waals surface area contributed by atoms with Gasteiger partial charge in [-0.25, -0.2) is 16.8 Å². The quantitative estimate of drug-likeness (QED) is 0.715. The fourth-order valence-electron chi connectivity index (χ4n) is 3.20. The Morgan fingerprint density at radius 3 is 2.32 bits per heavy atom. The summed E-state index contributed by atoms with van der Waals surface area (Å²) in [5, 5.41) is 0. The van der Waals surface area contributed by atoms with Crippen molar-refractivity contribution in [3.8, 4) is 0 Å². The lowest BCUT2D eigenvalue weighted by molar-refractivity contribution is -0.137. The molecule has 0 aliphatic carbocycles. The third-order valence-corrected chi connectivity index (χ3v) is 8.08.